The van der Waals surface area contributed by atoms with E-state index in [1.54, 1.807) is 23.7 Å². The van der Waals surface area contributed by atoms with E-state index in [9.17, 15) is 4.79 Å². The number of rotatable bonds is 5. The summed E-state index contributed by atoms with van der Waals surface area (Å²) in [6.45, 7) is 1.78. The number of thiocarbonyl (C=S) groups is 1. The van der Waals surface area contributed by atoms with Crippen LogP contribution in [0.2, 0.25) is 10.0 Å². The Morgan fingerprint density at radius 2 is 1.93 bits per heavy atom. The third-order valence-corrected chi connectivity index (χ3v) is 5.38. The summed E-state index contributed by atoms with van der Waals surface area (Å²) in [7, 11) is 0. The predicted molar refractivity (Wildman–Crippen MR) is 117 cm³/mol. The zero-order valence-corrected chi connectivity index (χ0v) is 17.8. The molecule has 10 heteroatoms. The van der Waals surface area contributed by atoms with Gasteiger partial charge in [-0.25, -0.2) is 4.68 Å². The topological polar surface area (TPSA) is 71.8 Å². The number of thioether (sulfide) groups is 1. The second-order valence-corrected chi connectivity index (χ2v) is 7.85. The second kappa shape index (κ2) is 9.38. The molecule has 0 bridgehead atoms. The van der Waals surface area contributed by atoms with Crippen molar-refractivity contribution >= 4 is 58.2 Å². The fourth-order valence-corrected chi connectivity index (χ4v) is 3.71. The number of hydrogen-bond acceptors (Lipinski definition) is 5. The molecule has 0 fully saturated rings. The standard InChI is InChI=1S/C18H15Cl2N5OS2/c1-11-22-23-18(28-10-12-5-3-2-4-6-12)25(11)24-17(27)21-16(26)14-9-13(19)7-8-15(14)20/h2-9H,10H2,1H3,(H2,21,24,26,27). The van der Waals surface area contributed by atoms with Gasteiger partial charge >= 0.3 is 0 Å². The van der Waals surface area contributed by atoms with Gasteiger partial charge in [-0.3, -0.25) is 15.5 Å². The van der Waals surface area contributed by atoms with E-state index in [4.69, 9.17) is 35.4 Å². The molecule has 0 saturated heterocycles. The highest BCUT2D eigenvalue weighted by Crippen LogP contribution is 2.22. The average Bonchev–Trinajstić information content (AvgIpc) is 3.02. The molecule has 6 nitrogen and oxygen atoms in total. The summed E-state index contributed by atoms with van der Waals surface area (Å²) >= 11 is 18.7. The van der Waals surface area contributed by atoms with E-state index in [1.807, 2.05) is 30.3 Å². The molecule has 1 aromatic heterocycles. The maximum absolute atomic E-state index is 12.4. The van der Waals surface area contributed by atoms with Crippen molar-refractivity contribution in [3.05, 3.63) is 75.5 Å². The van der Waals surface area contributed by atoms with Gasteiger partial charge in [0.05, 0.1) is 10.6 Å². The van der Waals surface area contributed by atoms with Crippen LogP contribution in [0.4, 0.5) is 0 Å². The Balaban J connectivity index is 1.66. The van der Waals surface area contributed by atoms with Crippen LogP contribution in [0.15, 0.2) is 53.7 Å². The zero-order chi connectivity index (χ0) is 20.1. The van der Waals surface area contributed by atoms with Gasteiger partial charge < -0.3 is 0 Å². The van der Waals surface area contributed by atoms with E-state index < -0.39 is 5.91 Å². The minimum absolute atomic E-state index is 0.0884. The number of halogens is 2. The van der Waals surface area contributed by atoms with Gasteiger partial charge in [-0.15, -0.1) is 10.2 Å². The second-order valence-electron chi connectivity index (χ2n) is 5.66. The Hall–Kier alpha value is -2.13. The minimum atomic E-state index is -0.464. The normalized spacial score (nSPS) is 10.5. The Morgan fingerprint density at radius 1 is 1.18 bits per heavy atom. The maximum Gasteiger partial charge on any atom is 0.259 e. The molecule has 3 aromatic rings. The van der Waals surface area contributed by atoms with Crippen molar-refractivity contribution in [3.8, 4) is 0 Å². The molecular formula is C18H15Cl2N5OS2. The van der Waals surface area contributed by atoms with Crippen LogP contribution in [-0.4, -0.2) is 25.9 Å². The molecule has 0 aliphatic carbocycles. The van der Waals surface area contributed by atoms with Crippen molar-refractivity contribution in [3.63, 3.8) is 0 Å². The van der Waals surface area contributed by atoms with Gasteiger partial charge in [-0.05, 0) is 42.9 Å². The van der Waals surface area contributed by atoms with Gasteiger partial charge in [0.1, 0.15) is 5.82 Å². The summed E-state index contributed by atoms with van der Waals surface area (Å²) in [6, 6.07) is 14.6. The molecule has 0 aliphatic rings. The molecule has 2 N–H and O–H groups in total. The molecule has 0 unspecified atom stereocenters. The number of aryl methyl sites for hydroxylation is 1. The Kier molecular flexibility index (Phi) is 6.90. The van der Waals surface area contributed by atoms with Gasteiger partial charge in [-0.2, -0.15) is 0 Å². The van der Waals surface area contributed by atoms with Crippen LogP contribution < -0.4 is 10.7 Å². The van der Waals surface area contributed by atoms with E-state index in [2.05, 4.69) is 20.9 Å². The van der Waals surface area contributed by atoms with E-state index in [-0.39, 0.29) is 15.7 Å². The summed E-state index contributed by atoms with van der Waals surface area (Å²) in [5.74, 6) is 0.861. The van der Waals surface area contributed by atoms with Crippen LogP contribution in [0.3, 0.4) is 0 Å². The van der Waals surface area contributed by atoms with E-state index in [0.717, 1.165) is 11.3 Å². The largest absolute Gasteiger partial charge is 0.298 e. The monoisotopic (exact) mass is 451 g/mol. The number of hydrogen-bond donors (Lipinski definition) is 2. The Labute approximate surface area is 181 Å². The van der Waals surface area contributed by atoms with Gasteiger partial charge in [0.15, 0.2) is 5.11 Å². The first-order valence-electron chi connectivity index (χ1n) is 8.10. The van der Waals surface area contributed by atoms with Crippen LogP contribution in [0, 0.1) is 6.92 Å². The Bertz CT molecular complexity index is 1010. The predicted octanol–water partition coefficient (Wildman–Crippen LogP) is 4.44. The summed E-state index contributed by atoms with van der Waals surface area (Å²) in [5, 5.41) is 12.2. The van der Waals surface area contributed by atoms with Crippen LogP contribution in [-0.2, 0) is 5.75 Å². The summed E-state index contributed by atoms with van der Waals surface area (Å²) in [4.78, 5) is 12.4. The quantitative estimate of drug-likeness (QED) is 0.441. The van der Waals surface area contributed by atoms with Gasteiger partial charge in [0, 0.05) is 10.8 Å². The maximum atomic E-state index is 12.4. The first-order chi connectivity index (χ1) is 13.4. The lowest BCUT2D eigenvalue weighted by Crippen LogP contribution is -2.38. The highest BCUT2D eigenvalue weighted by molar-refractivity contribution is 7.98. The SMILES string of the molecule is Cc1nnc(SCc2ccccc2)n1NC(=S)NC(=O)c1cc(Cl)ccc1Cl. The lowest BCUT2D eigenvalue weighted by Gasteiger charge is -2.13. The van der Waals surface area contributed by atoms with Crippen LogP contribution in [0.25, 0.3) is 0 Å². The molecule has 144 valence electrons. The first-order valence-corrected chi connectivity index (χ1v) is 10.2. The number of benzene rings is 2. The molecule has 0 atom stereocenters. The van der Waals surface area contributed by atoms with E-state index in [0.29, 0.717) is 16.0 Å². The minimum Gasteiger partial charge on any atom is -0.298 e. The molecular weight excluding hydrogens is 437 g/mol. The van der Waals surface area contributed by atoms with Gasteiger partial charge in [0.2, 0.25) is 5.16 Å². The first kappa shape index (κ1) is 20.6. The van der Waals surface area contributed by atoms with Gasteiger partial charge in [0.25, 0.3) is 5.91 Å². The van der Waals surface area contributed by atoms with E-state index >= 15 is 0 Å². The summed E-state index contributed by atoms with van der Waals surface area (Å²) in [5.41, 5.74) is 4.32. The number of amides is 1. The zero-order valence-electron chi connectivity index (χ0n) is 14.6. The Morgan fingerprint density at radius 3 is 2.68 bits per heavy atom. The van der Waals surface area contributed by atoms with Crippen molar-refractivity contribution in [1.29, 1.82) is 0 Å². The fourth-order valence-electron chi connectivity index (χ4n) is 2.26. The lowest BCUT2D eigenvalue weighted by molar-refractivity contribution is 0.0977. The molecule has 1 amide bonds. The van der Waals surface area contributed by atoms with Crippen LogP contribution in [0.1, 0.15) is 21.7 Å². The van der Waals surface area contributed by atoms with Crippen molar-refractivity contribution in [2.24, 2.45) is 0 Å². The third kappa shape index (κ3) is 5.23. The smallest absolute Gasteiger partial charge is 0.259 e. The molecule has 0 saturated carbocycles. The molecule has 0 spiro atoms. The molecule has 0 aliphatic heterocycles. The van der Waals surface area contributed by atoms with Crippen LogP contribution >= 0.6 is 47.2 Å². The van der Waals surface area contributed by atoms with Crippen LogP contribution in [0.5, 0.6) is 0 Å². The van der Waals surface area contributed by atoms with Crippen molar-refractivity contribution in [2.45, 2.75) is 17.8 Å². The van der Waals surface area contributed by atoms with Crippen molar-refractivity contribution in [1.82, 2.24) is 20.2 Å². The molecule has 3 rings (SSSR count). The number of nitrogens with one attached hydrogen (secondary N) is 2. The molecule has 2 aromatic carbocycles. The number of nitrogens with zero attached hydrogens (tertiary/aromatic N) is 3. The third-order valence-electron chi connectivity index (χ3n) is 3.62. The average molecular weight is 452 g/mol. The fraction of sp³-hybridized carbons (Fsp3) is 0.111. The highest BCUT2D eigenvalue weighted by atomic mass is 35.5. The molecule has 1 heterocycles. The number of carbonyl (C=O) groups is 1. The van der Waals surface area contributed by atoms with E-state index in [1.165, 1.54) is 17.8 Å². The summed E-state index contributed by atoms with van der Waals surface area (Å²) in [6.07, 6.45) is 0. The number of aromatic nitrogens is 3. The molecule has 28 heavy (non-hydrogen) atoms. The number of carbonyl (C=O) groups excluding carboxylic acids is 1. The van der Waals surface area contributed by atoms with Crippen molar-refractivity contribution < 1.29 is 4.79 Å². The highest BCUT2D eigenvalue weighted by Gasteiger charge is 2.15. The van der Waals surface area contributed by atoms with Gasteiger partial charge in [-0.1, -0.05) is 65.3 Å². The molecule has 0 radical (unpaired) electrons. The summed E-state index contributed by atoms with van der Waals surface area (Å²) < 4.78 is 1.62. The van der Waals surface area contributed by atoms with Crippen molar-refractivity contribution in [2.75, 3.05) is 5.43 Å². The lowest BCUT2D eigenvalue weighted by atomic mass is 10.2.